The Morgan fingerprint density at radius 3 is 2.16 bits per heavy atom. The van der Waals surface area contributed by atoms with E-state index in [1.54, 1.807) is 11.0 Å². The van der Waals surface area contributed by atoms with Crippen LogP contribution in [0.1, 0.15) is 24.8 Å². The number of carbonyl (C=O) groups excluding carboxylic acids is 3. The summed E-state index contributed by atoms with van der Waals surface area (Å²) in [6.45, 7) is 1.15. The normalized spacial score (nSPS) is 18.3. The number of nitrogens with one attached hydrogen (secondary N) is 1. The van der Waals surface area contributed by atoms with E-state index >= 15 is 0 Å². The van der Waals surface area contributed by atoms with E-state index in [0.717, 1.165) is 51.3 Å². The first-order valence-electron chi connectivity index (χ1n) is 10.6. The minimum atomic E-state index is -0.550. The second kappa shape index (κ2) is 7.87. The molecule has 1 N–H and O–H groups in total. The van der Waals surface area contributed by atoms with Gasteiger partial charge in [0.15, 0.2) is 0 Å². The molecule has 6 nitrogen and oxygen atoms in total. The SMILES string of the molecule is O=C(CN1C(=O)N/C(=C\c2c3ccccc3cc3ccccc23)C1=O)N1CCCCC1. The lowest BCUT2D eigenvalue weighted by atomic mass is 9.96. The smallest absolute Gasteiger partial charge is 0.329 e. The number of piperidine rings is 1. The summed E-state index contributed by atoms with van der Waals surface area (Å²) in [4.78, 5) is 40.9. The van der Waals surface area contributed by atoms with Crippen LogP contribution in [0.4, 0.5) is 4.79 Å². The van der Waals surface area contributed by atoms with Crippen LogP contribution < -0.4 is 5.32 Å². The molecule has 2 aliphatic heterocycles. The van der Waals surface area contributed by atoms with Gasteiger partial charge in [-0.1, -0.05) is 48.5 Å². The minimum absolute atomic E-state index is 0.180. The first-order chi connectivity index (χ1) is 15.1. The Bertz CT molecular complexity index is 1190. The molecule has 2 saturated heterocycles. The van der Waals surface area contributed by atoms with Crippen molar-refractivity contribution in [1.29, 1.82) is 0 Å². The van der Waals surface area contributed by atoms with Gasteiger partial charge in [0.1, 0.15) is 12.2 Å². The van der Waals surface area contributed by atoms with Crippen LogP contribution in [-0.2, 0) is 9.59 Å². The summed E-state index contributed by atoms with van der Waals surface area (Å²) in [6, 6.07) is 17.5. The van der Waals surface area contributed by atoms with Crippen molar-refractivity contribution >= 4 is 45.5 Å². The van der Waals surface area contributed by atoms with Gasteiger partial charge in [-0.15, -0.1) is 0 Å². The highest BCUT2D eigenvalue weighted by Crippen LogP contribution is 2.30. The first-order valence-corrected chi connectivity index (χ1v) is 10.6. The standard InChI is InChI=1S/C25H23N3O3/c29-23(27-12-6-1-7-13-27)16-28-24(30)22(26-25(28)31)15-21-19-10-4-2-8-17(19)14-18-9-3-5-11-20(18)21/h2-5,8-11,14-15H,1,6-7,12-13,16H2,(H,26,31)/b22-15-. The zero-order valence-corrected chi connectivity index (χ0v) is 17.1. The molecule has 0 bridgehead atoms. The minimum Gasteiger partial charge on any atom is -0.341 e. The van der Waals surface area contributed by atoms with E-state index in [4.69, 9.17) is 0 Å². The topological polar surface area (TPSA) is 69.7 Å². The van der Waals surface area contributed by atoms with Crippen molar-refractivity contribution in [2.24, 2.45) is 0 Å². The quantitative estimate of drug-likeness (QED) is 0.402. The van der Waals surface area contributed by atoms with Crippen LogP contribution in [0.5, 0.6) is 0 Å². The Morgan fingerprint density at radius 2 is 1.52 bits per heavy atom. The van der Waals surface area contributed by atoms with E-state index in [-0.39, 0.29) is 18.1 Å². The number of hydrogen-bond donors (Lipinski definition) is 1. The maximum Gasteiger partial charge on any atom is 0.329 e. The summed E-state index contributed by atoms with van der Waals surface area (Å²) in [7, 11) is 0. The fourth-order valence-corrected chi connectivity index (χ4v) is 4.44. The molecule has 3 aromatic carbocycles. The van der Waals surface area contributed by atoms with Crippen LogP contribution in [0.15, 0.2) is 60.3 Å². The molecule has 31 heavy (non-hydrogen) atoms. The molecule has 2 fully saturated rings. The van der Waals surface area contributed by atoms with Gasteiger partial charge >= 0.3 is 6.03 Å². The third kappa shape index (κ3) is 3.54. The van der Waals surface area contributed by atoms with Crippen molar-refractivity contribution in [2.45, 2.75) is 19.3 Å². The number of amides is 4. The van der Waals surface area contributed by atoms with E-state index in [1.807, 2.05) is 48.5 Å². The van der Waals surface area contributed by atoms with Crippen LogP contribution >= 0.6 is 0 Å². The van der Waals surface area contributed by atoms with Gasteiger partial charge in [0.25, 0.3) is 5.91 Å². The number of fused-ring (bicyclic) bond motifs is 2. The molecule has 0 saturated carbocycles. The molecule has 6 heteroatoms. The molecule has 0 aromatic heterocycles. The molecule has 0 radical (unpaired) electrons. The van der Waals surface area contributed by atoms with Crippen LogP contribution in [0.3, 0.4) is 0 Å². The summed E-state index contributed by atoms with van der Waals surface area (Å²) in [5, 5.41) is 6.78. The lowest BCUT2D eigenvalue weighted by Gasteiger charge is -2.27. The Balaban J connectivity index is 1.50. The number of imide groups is 1. The fraction of sp³-hybridized carbons (Fsp3) is 0.240. The molecule has 2 heterocycles. The number of nitrogens with zero attached hydrogens (tertiary/aromatic N) is 2. The van der Waals surface area contributed by atoms with Gasteiger partial charge in [-0.3, -0.25) is 9.59 Å². The molecule has 0 aliphatic carbocycles. The van der Waals surface area contributed by atoms with Gasteiger partial charge in [-0.05, 0) is 58.5 Å². The van der Waals surface area contributed by atoms with Gasteiger partial charge in [0, 0.05) is 13.1 Å². The molecule has 0 spiro atoms. The maximum absolute atomic E-state index is 13.0. The van der Waals surface area contributed by atoms with Crippen molar-refractivity contribution < 1.29 is 14.4 Å². The van der Waals surface area contributed by atoms with Gasteiger partial charge in [-0.2, -0.15) is 0 Å². The van der Waals surface area contributed by atoms with Gasteiger partial charge in [0.05, 0.1) is 0 Å². The van der Waals surface area contributed by atoms with Crippen LogP contribution in [0.2, 0.25) is 0 Å². The molecule has 0 atom stereocenters. The third-order valence-electron chi connectivity index (χ3n) is 6.07. The van der Waals surface area contributed by atoms with Crippen molar-refractivity contribution in [1.82, 2.24) is 15.1 Å². The average molecular weight is 413 g/mol. The Morgan fingerprint density at radius 1 is 0.903 bits per heavy atom. The van der Waals surface area contributed by atoms with Crippen molar-refractivity contribution in [3.63, 3.8) is 0 Å². The number of rotatable bonds is 3. The Hall–Kier alpha value is -3.67. The highest BCUT2D eigenvalue weighted by molar-refractivity contribution is 6.17. The summed E-state index contributed by atoms with van der Waals surface area (Å²) >= 11 is 0. The highest BCUT2D eigenvalue weighted by atomic mass is 16.2. The van der Waals surface area contributed by atoms with E-state index in [1.165, 1.54) is 0 Å². The molecule has 4 amide bonds. The molecule has 0 unspecified atom stereocenters. The lowest BCUT2D eigenvalue weighted by Crippen LogP contribution is -2.44. The van der Waals surface area contributed by atoms with Crippen molar-refractivity contribution in [3.8, 4) is 0 Å². The van der Waals surface area contributed by atoms with Gasteiger partial charge in [-0.25, -0.2) is 9.69 Å². The zero-order chi connectivity index (χ0) is 21.4. The van der Waals surface area contributed by atoms with E-state index < -0.39 is 11.9 Å². The Labute approximate surface area is 180 Å². The molecule has 156 valence electrons. The summed E-state index contributed by atoms with van der Waals surface area (Å²) in [6.07, 6.45) is 4.77. The molecule has 5 rings (SSSR count). The van der Waals surface area contributed by atoms with Crippen molar-refractivity contribution in [3.05, 3.63) is 65.9 Å². The highest BCUT2D eigenvalue weighted by Gasteiger charge is 2.36. The molecule has 3 aromatic rings. The third-order valence-corrected chi connectivity index (χ3v) is 6.07. The van der Waals surface area contributed by atoms with Crippen LogP contribution in [-0.4, -0.2) is 47.3 Å². The number of urea groups is 1. The van der Waals surface area contributed by atoms with E-state index in [0.29, 0.717) is 13.1 Å². The average Bonchev–Trinajstić information content (AvgIpc) is 3.06. The summed E-state index contributed by atoms with van der Waals surface area (Å²) in [5.74, 6) is -0.646. The predicted octanol–water partition coefficient (Wildman–Crippen LogP) is 3.90. The largest absolute Gasteiger partial charge is 0.341 e. The molecular weight excluding hydrogens is 390 g/mol. The Kier molecular flexibility index (Phi) is 4.90. The van der Waals surface area contributed by atoms with Gasteiger partial charge in [0.2, 0.25) is 5.91 Å². The lowest BCUT2D eigenvalue weighted by molar-refractivity contribution is -0.136. The number of carbonyl (C=O) groups is 3. The first kappa shape index (κ1) is 19.3. The summed E-state index contributed by atoms with van der Waals surface area (Å²) in [5.41, 5.74) is 1.07. The summed E-state index contributed by atoms with van der Waals surface area (Å²) < 4.78 is 0. The number of hydrogen-bond acceptors (Lipinski definition) is 3. The van der Waals surface area contributed by atoms with Crippen molar-refractivity contribution in [2.75, 3.05) is 19.6 Å². The second-order valence-corrected chi connectivity index (χ2v) is 8.05. The fourth-order valence-electron chi connectivity index (χ4n) is 4.44. The number of likely N-dealkylation sites (tertiary alicyclic amines) is 1. The monoisotopic (exact) mass is 413 g/mol. The zero-order valence-electron chi connectivity index (χ0n) is 17.1. The van der Waals surface area contributed by atoms with Crippen LogP contribution in [0, 0.1) is 0 Å². The van der Waals surface area contributed by atoms with Gasteiger partial charge < -0.3 is 10.2 Å². The maximum atomic E-state index is 13.0. The second-order valence-electron chi connectivity index (χ2n) is 8.05. The molecular formula is C25H23N3O3. The molecule has 2 aliphatic rings. The number of benzene rings is 3. The van der Waals surface area contributed by atoms with E-state index in [9.17, 15) is 14.4 Å². The van der Waals surface area contributed by atoms with E-state index in [2.05, 4.69) is 11.4 Å². The predicted molar refractivity (Wildman–Crippen MR) is 120 cm³/mol. The van der Waals surface area contributed by atoms with Crippen LogP contribution in [0.25, 0.3) is 27.6 Å².